The van der Waals surface area contributed by atoms with Crippen LogP contribution in [0, 0.1) is 0 Å². The maximum atomic E-state index is 4.32. The Morgan fingerprint density at radius 1 is 0.920 bits per heavy atom. The summed E-state index contributed by atoms with van der Waals surface area (Å²) in [6, 6.07) is 21.3. The molecule has 0 saturated carbocycles. The number of para-hydroxylation sites is 3. The van der Waals surface area contributed by atoms with Crippen LogP contribution in [0.4, 0.5) is 0 Å². The van der Waals surface area contributed by atoms with Crippen molar-refractivity contribution in [1.82, 2.24) is 14.1 Å². The Morgan fingerprint density at radius 3 is 2.68 bits per heavy atom. The van der Waals surface area contributed by atoms with Gasteiger partial charge in [-0.25, -0.2) is 4.57 Å². The Morgan fingerprint density at radius 2 is 1.76 bits per heavy atom. The van der Waals surface area contributed by atoms with Crippen molar-refractivity contribution in [3.8, 4) is 16.9 Å². The first kappa shape index (κ1) is 13.0. The maximum Gasteiger partial charge on any atom is 0.375 e. The molecule has 6 rings (SSSR count). The van der Waals surface area contributed by atoms with Gasteiger partial charge in [0.05, 0.1) is 6.54 Å². The molecule has 4 heteroatoms. The SMILES string of the molecule is c1ccc(-n2c3ccccc3[n+]3cc4n(c23)Cc2ccncc2-4)cc1. The zero-order chi connectivity index (χ0) is 16.4. The van der Waals surface area contributed by atoms with Gasteiger partial charge < -0.3 is 0 Å². The van der Waals surface area contributed by atoms with E-state index in [1.54, 1.807) is 0 Å². The molecule has 5 aromatic rings. The van der Waals surface area contributed by atoms with Crippen LogP contribution in [-0.4, -0.2) is 14.1 Å². The number of pyridine rings is 1. The number of hydrogen-bond donors (Lipinski definition) is 0. The van der Waals surface area contributed by atoms with E-state index in [2.05, 4.69) is 85.4 Å². The topological polar surface area (TPSA) is 26.9 Å². The van der Waals surface area contributed by atoms with Gasteiger partial charge in [-0.1, -0.05) is 30.3 Å². The Labute approximate surface area is 144 Å². The molecule has 0 unspecified atom stereocenters. The van der Waals surface area contributed by atoms with Crippen molar-refractivity contribution in [3.05, 3.63) is 84.8 Å². The summed E-state index contributed by atoms with van der Waals surface area (Å²) >= 11 is 0. The highest BCUT2D eigenvalue weighted by Crippen LogP contribution is 2.34. The molecule has 0 amide bonds. The fourth-order valence-electron chi connectivity index (χ4n) is 4.02. The second-order valence-electron chi connectivity index (χ2n) is 6.46. The second-order valence-corrected chi connectivity index (χ2v) is 6.46. The van der Waals surface area contributed by atoms with Crippen LogP contribution in [0.5, 0.6) is 0 Å². The van der Waals surface area contributed by atoms with Gasteiger partial charge in [-0.05, 0) is 30.3 Å². The van der Waals surface area contributed by atoms with Crippen molar-refractivity contribution < 1.29 is 4.40 Å². The van der Waals surface area contributed by atoms with Gasteiger partial charge >= 0.3 is 5.78 Å². The largest absolute Gasteiger partial charge is 0.375 e. The zero-order valence-electron chi connectivity index (χ0n) is 13.5. The van der Waals surface area contributed by atoms with Gasteiger partial charge in [-0.15, -0.1) is 0 Å². The van der Waals surface area contributed by atoms with Crippen LogP contribution >= 0.6 is 0 Å². The Hall–Kier alpha value is -3.40. The second kappa shape index (κ2) is 4.57. The fraction of sp³-hybridized carbons (Fsp3) is 0.0476. The lowest BCUT2D eigenvalue weighted by molar-refractivity contribution is -0.480. The van der Waals surface area contributed by atoms with Gasteiger partial charge in [-0.2, -0.15) is 8.97 Å². The number of aromatic nitrogens is 4. The first-order valence-corrected chi connectivity index (χ1v) is 8.45. The van der Waals surface area contributed by atoms with Gasteiger partial charge in [0.1, 0.15) is 28.6 Å². The average molecular weight is 323 g/mol. The van der Waals surface area contributed by atoms with Crippen LogP contribution in [0.3, 0.4) is 0 Å². The normalized spacial score (nSPS) is 12.6. The van der Waals surface area contributed by atoms with Crippen molar-refractivity contribution in [2.45, 2.75) is 6.54 Å². The minimum absolute atomic E-state index is 0.882. The number of hydrogen-bond acceptors (Lipinski definition) is 1. The summed E-state index contributed by atoms with van der Waals surface area (Å²) in [4.78, 5) is 4.32. The van der Waals surface area contributed by atoms with E-state index < -0.39 is 0 Å². The monoisotopic (exact) mass is 323 g/mol. The van der Waals surface area contributed by atoms with E-state index in [0.717, 1.165) is 6.54 Å². The number of rotatable bonds is 1. The summed E-state index contributed by atoms with van der Waals surface area (Å²) < 4.78 is 7.03. The average Bonchev–Trinajstić information content (AvgIpc) is 3.30. The molecule has 0 spiro atoms. The smallest absolute Gasteiger partial charge is 0.264 e. The van der Waals surface area contributed by atoms with Gasteiger partial charge in [0.15, 0.2) is 0 Å². The molecular formula is C21H15N4+. The number of nitrogens with zero attached hydrogens (tertiary/aromatic N) is 4. The van der Waals surface area contributed by atoms with Crippen LogP contribution in [0.25, 0.3) is 33.8 Å². The number of benzene rings is 2. The van der Waals surface area contributed by atoms with Crippen molar-refractivity contribution >= 4 is 16.8 Å². The summed E-state index contributed by atoms with van der Waals surface area (Å²) in [5, 5.41) is 0. The molecule has 0 radical (unpaired) electrons. The molecule has 0 aliphatic carbocycles. The highest BCUT2D eigenvalue weighted by atomic mass is 15.3. The summed E-state index contributed by atoms with van der Waals surface area (Å²) in [5.74, 6) is 1.18. The third kappa shape index (κ3) is 1.61. The first-order chi connectivity index (χ1) is 12.4. The van der Waals surface area contributed by atoms with Gasteiger partial charge in [0.25, 0.3) is 0 Å². The van der Waals surface area contributed by atoms with E-state index in [1.165, 1.54) is 39.3 Å². The Bertz CT molecular complexity index is 1260. The van der Waals surface area contributed by atoms with Crippen LogP contribution in [0.2, 0.25) is 0 Å². The van der Waals surface area contributed by atoms with E-state index in [1.807, 2.05) is 12.4 Å². The molecule has 25 heavy (non-hydrogen) atoms. The molecule has 118 valence electrons. The zero-order valence-corrected chi connectivity index (χ0v) is 13.5. The third-order valence-electron chi connectivity index (χ3n) is 5.11. The highest BCUT2D eigenvalue weighted by molar-refractivity contribution is 5.80. The summed E-state index contributed by atoms with van der Waals surface area (Å²) in [7, 11) is 0. The molecule has 3 aromatic heterocycles. The maximum absolute atomic E-state index is 4.32. The lowest BCUT2D eigenvalue weighted by Crippen LogP contribution is -2.18. The minimum Gasteiger partial charge on any atom is -0.264 e. The quantitative estimate of drug-likeness (QED) is 0.425. The van der Waals surface area contributed by atoms with E-state index in [-0.39, 0.29) is 0 Å². The van der Waals surface area contributed by atoms with Crippen molar-refractivity contribution in [1.29, 1.82) is 0 Å². The Balaban J connectivity index is 1.79. The highest BCUT2D eigenvalue weighted by Gasteiger charge is 2.32. The summed E-state index contributed by atoms with van der Waals surface area (Å²) in [5.41, 5.74) is 7.40. The van der Waals surface area contributed by atoms with Crippen molar-refractivity contribution in [2.75, 3.05) is 0 Å². The Kier molecular flexibility index (Phi) is 2.37. The minimum atomic E-state index is 0.882. The van der Waals surface area contributed by atoms with E-state index in [4.69, 9.17) is 0 Å². The van der Waals surface area contributed by atoms with Crippen LogP contribution in [-0.2, 0) is 6.54 Å². The molecule has 1 aliphatic heterocycles. The standard InChI is InChI=1S/C21H15N4/c1-2-6-16(7-3-1)25-19-9-5-4-8-18(19)24-14-20-17-12-22-11-10-15(17)13-23(20)21(24)25/h1-12,14H,13H2/q+1. The first-order valence-electron chi connectivity index (χ1n) is 8.45. The molecule has 4 heterocycles. The van der Waals surface area contributed by atoms with Crippen LogP contribution < -0.4 is 4.40 Å². The molecule has 2 aromatic carbocycles. The molecule has 0 fully saturated rings. The molecule has 1 aliphatic rings. The molecule has 0 bridgehead atoms. The van der Waals surface area contributed by atoms with Crippen molar-refractivity contribution in [2.24, 2.45) is 0 Å². The van der Waals surface area contributed by atoms with Gasteiger partial charge in [0, 0.05) is 23.5 Å². The van der Waals surface area contributed by atoms with E-state index in [0.29, 0.717) is 0 Å². The van der Waals surface area contributed by atoms with Crippen LogP contribution in [0.1, 0.15) is 5.56 Å². The predicted molar refractivity (Wildman–Crippen MR) is 96.8 cm³/mol. The van der Waals surface area contributed by atoms with Crippen LogP contribution in [0.15, 0.2) is 79.3 Å². The number of fused-ring (bicyclic) bond motifs is 7. The van der Waals surface area contributed by atoms with Gasteiger partial charge in [-0.3, -0.25) is 4.98 Å². The van der Waals surface area contributed by atoms with Crippen molar-refractivity contribution in [3.63, 3.8) is 0 Å². The van der Waals surface area contributed by atoms with E-state index >= 15 is 0 Å². The number of imidazole rings is 2. The summed E-state index contributed by atoms with van der Waals surface area (Å²) in [6.45, 7) is 0.882. The lowest BCUT2D eigenvalue weighted by Gasteiger charge is -2.01. The molecule has 0 atom stereocenters. The lowest BCUT2D eigenvalue weighted by atomic mass is 10.1. The predicted octanol–water partition coefficient (Wildman–Crippen LogP) is 3.59. The molecule has 0 saturated heterocycles. The van der Waals surface area contributed by atoms with E-state index in [9.17, 15) is 0 Å². The molecule has 0 N–H and O–H groups in total. The third-order valence-corrected chi connectivity index (χ3v) is 5.11. The molecule has 4 nitrogen and oxygen atoms in total. The fourth-order valence-corrected chi connectivity index (χ4v) is 4.02. The molecular weight excluding hydrogens is 308 g/mol. The summed E-state index contributed by atoms with van der Waals surface area (Å²) in [6.07, 6.45) is 6.09. The van der Waals surface area contributed by atoms with Gasteiger partial charge in [0.2, 0.25) is 0 Å².